The van der Waals surface area contributed by atoms with Crippen molar-refractivity contribution in [3.63, 3.8) is 0 Å². The topological polar surface area (TPSA) is 66.5 Å². The van der Waals surface area contributed by atoms with E-state index >= 15 is 0 Å². The first-order valence-corrected chi connectivity index (χ1v) is 9.19. The molecule has 1 amide bonds. The van der Waals surface area contributed by atoms with E-state index in [1.54, 1.807) is 38.1 Å². The highest BCUT2D eigenvalue weighted by molar-refractivity contribution is 7.92. The summed E-state index contributed by atoms with van der Waals surface area (Å²) in [6, 6.07) is 13.5. The van der Waals surface area contributed by atoms with Crippen molar-refractivity contribution in [1.29, 1.82) is 0 Å². The van der Waals surface area contributed by atoms with Crippen molar-refractivity contribution in [2.45, 2.75) is 24.0 Å². The molecule has 0 aliphatic carbocycles. The second-order valence-electron chi connectivity index (χ2n) is 6.01. The van der Waals surface area contributed by atoms with Crippen molar-refractivity contribution < 1.29 is 13.2 Å². The number of anilines is 2. The Hall–Kier alpha value is -2.34. The molecule has 0 saturated heterocycles. The molecule has 0 aromatic heterocycles. The van der Waals surface area contributed by atoms with Crippen LogP contribution in [0.4, 0.5) is 11.4 Å². The number of amides is 1. The third kappa shape index (κ3) is 3.94. The number of hydrogen-bond acceptors (Lipinski definition) is 4. The molecular formula is C18H22N2O3S. The Balaban J connectivity index is 2.12. The van der Waals surface area contributed by atoms with Crippen LogP contribution < -0.4 is 10.2 Å². The van der Waals surface area contributed by atoms with Crippen molar-refractivity contribution in [3.8, 4) is 0 Å². The fraction of sp³-hybridized carbons (Fsp3) is 0.278. The summed E-state index contributed by atoms with van der Waals surface area (Å²) < 4.78 is 24.2. The number of rotatable bonds is 5. The van der Waals surface area contributed by atoms with E-state index in [9.17, 15) is 13.2 Å². The summed E-state index contributed by atoms with van der Waals surface area (Å²) in [5.41, 5.74) is 2.11. The number of hydrogen-bond donors (Lipinski definition) is 1. The Morgan fingerprint density at radius 2 is 1.50 bits per heavy atom. The summed E-state index contributed by atoms with van der Waals surface area (Å²) in [4.78, 5) is 14.5. The van der Waals surface area contributed by atoms with Crippen LogP contribution in [-0.2, 0) is 9.84 Å². The molecule has 2 aromatic carbocycles. The molecule has 2 rings (SSSR count). The maximum absolute atomic E-state index is 12.2. The number of carbonyl (C=O) groups is 1. The van der Waals surface area contributed by atoms with Gasteiger partial charge in [0.2, 0.25) is 0 Å². The minimum Gasteiger partial charge on any atom is -0.378 e. The van der Waals surface area contributed by atoms with Crippen LogP contribution >= 0.6 is 0 Å². The summed E-state index contributed by atoms with van der Waals surface area (Å²) in [5, 5.41) is 2.29. The number of benzene rings is 2. The zero-order chi connectivity index (χ0) is 17.9. The van der Waals surface area contributed by atoms with Crippen molar-refractivity contribution in [3.05, 3.63) is 54.1 Å². The first-order valence-electron chi connectivity index (χ1n) is 7.64. The van der Waals surface area contributed by atoms with Gasteiger partial charge in [-0.15, -0.1) is 0 Å². The smallest absolute Gasteiger partial charge is 0.255 e. The summed E-state index contributed by atoms with van der Waals surface area (Å²) >= 11 is 0. The average molecular weight is 346 g/mol. The molecule has 0 unspecified atom stereocenters. The molecule has 6 heteroatoms. The van der Waals surface area contributed by atoms with Crippen LogP contribution in [0.1, 0.15) is 24.2 Å². The molecule has 0 saturated carbocycles. The number of sulfone groups is 1. The lowest BCUT2D eigenvalue weighted by atomic mass is 10.2. The first kappa shape index (κ1) is 18.0. The second-order valence-corrected chi connectivity index (χ2v) is 8.52. The van der Waals surface area contributed by atoms with Gasteiger partial charge in [-0.25, -0.2) is 8.42 Å². The minimum absolute atomic E-state index is 0.236. The molecule has 0 bridgehead atoms. The highest BCUT2D eigenvalue weighted by Crippen LogP contribution is 2.19. The van der Waals surface area contributed by atoms with Gasteiger partial charge in [-0.1, -0.05) is 0 Å². The van der Waals surface area contributed by atoms with E-state index in [0.717, 1.165) is 5.69 Å². The fourth-order valence-electron chi connectivity index (χ4n) is 2.11. The van der Waals surface area contributed by atoms with Gasteiger partial charge in [0.25, 0.3) is 5.91 Å². The molecule has 0 aliphatic heterocycles. The summed E-state index contributed by atoms with van der Waals surface area (Å²) in [6.45, 7) is 3.28. The zero-order valence-electron chi connectivity index (χ0n) is 14.3. The Morgan fingerprint density at radius 3 is 1.96 bits per heavy atom. The van der Waals surface area contributed by atoms with Crippen molar-refractivity contribution in [2.24, 2.45) is 0 Å². The van der Waals surface area contributed by atoms with E-state index in [0.29, 0.717) is 11.3 Å². The molecular weight excluding hydrogens is 324 g/mol. The normalized spacial score (nSPS) is 11.4. The van der Waals surface area contributed by atoms with Gasteiger partial charge in [0, 0.05) is 31.0 Å². The van der Waals surface area contributed by atoms with Gasteiger partial charge < -0.3 is 10.2 Å². The third-order valence-corrected chi connectivity index (χ3v) is 5.88. The van der Waals surface area contributed by atoms with Gasteiger partial charge in [-0.05, 0) is 62.4 Å². The number of nitrogens with zero attached hydrogens (tertiary/aromatic N) is 1. The third-order valence-electron chi connectivity index (χ3n) is 3.71. The van der Waals surface area contributed by atoms with Crippen LogP contribution in [0.15, 0.2) is 53.4 Å². The largest absolute Gasteiger partial charge is 0.378 e. The van der Waals surface area contributed by atoms with Crippen molar-refractivity contribution >= 4 is 27.1 Å². The van der Waals surface area contributed by atoms with Gasteiger partial charge in [0.15, 0.2) is 9.84 Å². The molecule has 0 aliphatic rings. The molecule has 24 heavy (non-hydrogen) atoms. The highest BCUT2D eigenvalue weighted by Gasteiger charge is 2.18. The summed E-state index contributed by atoms with van der Waals surface area (Å²) in [5.74, 6) is -0.236. The molecule has 0 heterocycles. The number of nitrogens with one attached hydrogen (secondary N) is 1. The van der Waals surface area contributed by atoms with Gasteiger partial charge in [0.1, 0.15) is 0 Å². The maximum atomic E-state index is 12.2. The SMILES string of the molecule is CC(C)S(=O)(=O)c1ccc(NC(=O)c2ccc(N(C)C)cc2)cc1. The Bertz CT molecular complexity index is 808. The Kier molecular flexibility index (Phi) is 5.29. The van der Waals surface area contributed by atoms with E-state index in [1.165, 1.54) is 12.1 Å². The molecule has 0 radical (unpaired) electrons. The van der Waals surface area contributed by atoms with Gasteiger partial charge >= 0.3 is 0 Å². The predicted octanol–water partition coefficient (Wildman–Crippen LogP) is 3.19. The Morgan fingerprint density at radius 1 is 0.958 bits per heavy atom. The molecule has 2 aromatic rings. The van der Waals surface area contributed by atoms with Crippen LogP contribution in [0.25, 0.3) is 0 Å². The van der Waals surface area contributed by atoms with E-state index in [1.807, 2.05) is 31.1 Å². The molecule has 0 spiro atoms. The monoisotopic (exact) mass is 346 g/mol. The molecule has 1 N–H and O–H groups in total. The molecule has 128 valence electrons. The summed E-state index contributed by atoms with van der Waals surface area (Å²) in [6.07, 6.45) is 0. The van der Waals surface area contributed by atoms with E-state index in [2.05, 4.69) is 5.32 Å². The maximum Gasteiger partial charge on any atom is 0.255 e. The van der Waals surface area contributed by atoms with E-state index in [4.69, 9.17) is 0 Å². The van der Waals surface area contributed by atoms with Crippen molar-refractivity contribution in [1.82, 2.24) is 0 Å². The standard InChI is InChI=1S/C18H22N2O3S/c1-13(2)24(22,23)17-11-7-15(8-12-17)19-18(21)14-5-9-16(10-6-14)20(3)4/h5-13H,1-4H3,(H,19,21). The lowest BCUT2D eigenvalue weighted by Crippen LogP contribution is -2.15. The van der Waals surface area contributed by atoms with Crippen LogP contribution in [0.2, 0.25) is 0 Å². The average Bonchev–Trinajstić information content (AvgIpc) is 2.55. The highest BCUT2D eigenvalue weighted by atomic mass is 32.2. The van der Waals surface area contributed by atoms with Crippen LogP contribution in [-0.4, -0.2) is 33.7 Å². The summed E-state index contributed by atoms with van der Waals surface area (Å²) in [7, 11) is 0.560. The fourth-order valence-corrected chi connectivity index (χ4v) is 3.17. The van der Waals surface area contributed by atoms with Crippen LogP contribution in [0.3, 0.4) is 0 Å². The predicted molar refractivity (Wildman–Crippen MR) is 97.5 cm³/mol. The molecule has 0 atom stereocenters. The lowest BCUT2D eigenvalue weighted by Gasteiger charge is -2.13. The van der Waals surface area contributed by atoms with Gasteiger partial charge in [0.05, 0.1) is 10.1 Å². The van der Waals surface area contributed by atoms with E-state index in [-0.39, 0.29) is 10.8 Å². The van der Waals surface area contributed by atoms with E-state index < -0.39 is 15.1 Å². The molecule has 5 nitrogen and oxygen atoms in total. The number of carbonyl (C=O) groups excluding carboxylic acids is 1. The zero-order valence-corrected chi connectivity index (χ0v) is 15.1. The van der Waals surface area contributed by atoms with Gasteiger partial charge in [-0.3, -0.25) is 4.79 Å². The minimum atomic E-state index is -3.30. The van der Waals surface area contributed by atoms with Crippen molar-refractivity contribution in [2.75, 3.05) is 24.3 Å². The second kappa shape index (κ2) is 7.05. The lowest BCUT2D eigenvalue weighted by molar-refractivity contribution is 0.102. The first-order chi connectivity index (χ1) is 11.2. The Labute approximate surface area is 143 Å². The van der Waals surface area contributed by atoms with Gasteiger partial charge in [-0.2, -0.15) is 0 Å². The van der Waals surface area contributed by atoms with Crippen LogP contribution in [0.5, 0.6) is 0 Å². The molecule has 0 fully saturated rings. The van der Waals surface area contributed by atoms with Crippen LogP contribution in [0, 0.1) is 0 Å². The quantitative estimate of drug-likeness (QED) is 0.903.